The van der Waals surface area contributed by atoms with Crippen LogP contribution in [0.2, 0.25) is 0 Å². The second-order valence-electron chi connectivity index (χ2n) is 5.53. The summed E-state index contributed by atoms with van der Waals surface area (Å²) in [6.07, 6.45) is 0. The van der Waals surface area contributed by atoms with Crippen LogP contribution in [0.4, 0.5) is 10.5 Å². The molecular weight excluding hydrogens is 354 g/mol. The summed E-state index contributed by atoms with van der Waals surface area (Å²) in [5.41, 5.74) is 5.55. The highest BCUT2D eigenvalue weighted by Crippen LogP contribution is 2.28. The number of hydrogen-bond acceptors (Lipinski definition) is 6. The van der Waals surface area contributed by atoms with Crippen LogP contribution in [0.25, 0.3) is 0 Å². The number of fused-ring (bicyclic) bond motifs is 1. The van der Waals surface area contributed by atoms with Gasteiger partial charge in [0.15, 0.2) is 6.61 Å². The van der Waals surface area contributed by atoms with Gasteiger partial charge >= 0.3 is 12.0 Å². The Morgan fingerprint density at radius 3 is 2.19 bits per heavy atom. The van der Waals surface area contributed by atoms with E-state index in [1.165, 1.54) is 24.3 Å². The number of amides is 5. The average molecular weight is 367 g/mol. The first kappa shape index (κ1) is 17.8. The van der Waals surface area contributed by atoms with E-state index in [0.717, 1.165) is 4.90 Å². The van der Waals surface area contributed by atoms with Crippen molar-refractivity contribution in [2.45, 2.75) is 0 Å². The van der Waals surface area contributed by atoms with E-state index in [9.17, 15) is 24.0 Å². The Morgan fingerprint density at radius 1 is 0.963 bits per heavy atom. The smallest absolute Gasteiger partial charge is 0.338 e. The van der Waals surface area contributed by atoms with Crippen LogP contribution in [-0.4, -0.2) is 36.3 Å². The van der Waals surface area contributed by atoms with Crippen LogP contribution >= 0.6 is 0 Å². The first-order chi connectivity index (χ1) is 12.9. The van der Waals surface area contributed by atoms with Crippen molar-refractivity contribution < 1.29 is 28.7 Å². The number of nitrogens with two attached hydrogens (primary N) is 1. The molecule has 1 aliphatic heterocycles. The van der Waals surface area contributed by atoms with E-state index in [2.05, 4.69) is 0 Å². The molecule has 0 spiro atoms. The number of hydrogen-bond donors (Lipinski definition) is 2. The van der Waals surface area contributed by atoms with Crippen molar-refractivity contribution >= 4 is 35.4 Å². The molecule has 5 amide bonds. The largest absolute Gasteiger partial charge is 0.452 e. The van der Waals surface area contributed by atoms with Gasteiger partial charge in [0, 0.05) is 0 Å². The zero-order valence-electron chi connectivity index (χ0n) is 13.8. The topological polar surface area (TPSA) is 136 Å². The molecule has 3 N–H and O–H groups in total. The first-order valence-electron chi connectivity index (χ1n) is 7.73. The number of benzene rings is 2. The fraction of sp³-hybridized carbons (Fsp3) is 0.0556. The number of rotatable bonds is 4. The number of carbonyl (C=O) groups is 5. The van der Waals surface area contributed by atoms with Crippen LogP contribution in [0.15, 0.2) is 48.5 Å². The van der Waals surface area contributed by atoms with Crippen LogP contribution in [0.1, 0.15) is 31.1 Å². The monoisotopic (exact) mass is 367 g/mol. The molecule has 0 fully saturated rings. The van der Waals surface area contributed by atoms with Crippen LogP contribution in [0.3, 0.4) is 0 Å². The highest BCUT2D eigenvalue weighted by atomic mass is 16.5. The third-order valence-corrected chi connectivity index (χ3v) is 3.73. The number of anilines is 1. The van der Waals surface area contributed by atoms with Gasteiger partial charge in [0.25, 0.3) is 17.7 Å². The molecule has 0 saturated carbocycles. The fourth-order valence-electron chi connectivity index (χ4n) is 2.58. The second kappa shape index (κ2) is 7.08. The van der Waals surface area contributed by atoms with Gasteiger partial charge in [-0.05, 0) is 30.3 Å². The molecule has 0 radical (unpaired) electrons. The van der Waals surface area contributed by atoms with Gasteiger partial charge in [-0.15, -0.1) is 0 Å². The van der Waals surface area contributed by atoms with Crippen molar-refractivity contribution in [3.63, 3.8) is 0 Å². The third-order valence-electron chi connectivity index (χ3n) is 3.73. The van der Waals surface area contributed by atoms with E-state index >= 15 is 0 Å². The van der Waals surface area contributed by atoms with Gasteiger partial charge < -0.3 is 10.5 Å². The molecule has 0 aromatic heterocycles. The van der Waals surface area contributed by atoms with Crippen molar-refractivity contribution in [2.24, 2.45) is 5.73 Å². The minimum Gasteiger partial charge on any atom is -0.452 e. The summed E-state index contributed by atoms with van der Waals surface area (Å²) in [5, 5.41) is 1.75. The molecule has 0 saturated heterocycles. The van der Waals surface area contributed by atoms with Crippen LogP contribution in [-0.2, 0) is 9.53 Å². The first-order valence-corrected chi connectivity index (χ1v) is 7.73. The summed E-state index contributed by atoms with van der Waals surface area (Å²) in [6.45, 7) is -0.709. The summed E-state index contributed by atoms with van der Waals surface area (Å²) in [4.78, 5) is 59.9. The van der Waals surface area contributed by atoms with Gasteiger partial charge in [-0.3, -0.25) is 19.7 Å². The van der Waals surface area contributed by atoms with Crippen molar-refractivity contribution in [2.75, 3.05) is 11.5 Å². The number of imide groups is 2. The van der Waals surface area contributed by atoms with Crippen molar-refractivity contribution in [3.8, 4) is 0 Å². The van der Waals surface area contributed by atoms with E-state index in [4.69, 9.17) is 10.5 Å². The molecule has 2 aromatic rings. The van der Waals surface area contributed by atoms with E-state index in [0.29, 0.717) is 0 Å². The summed E-state index contributed by atoms with van der Waals surface area (Å²) < 4.78 is 4.78. The van der Waals surface area contributed by atoms with Crippen molar-refractivity contribution in [1.29, 1.82) is 0 Å². The lowest BCUT2D eigenvalue weighted by molar-refractivity contribution is -0.123. The predicted molar refractivity (Wildman–Crippen MR) is 92.0 cm³/mol. The molecule has 27 heavy (non-hydrogen) atoms. The molecule has 9 heteroatoms. The van der Waals surface area contributed by atoms with E-state index < -0.39 is 36.3 Å². The van der Waals surface area contributed by atoms with Crippen LogP contribution < -0.4 is 16.0 Å². The Morgan fingerprint density at radius 2 is 1.59 bits per heavy atom. The minimum absolute atomic E-state index is 0.0240. The molecule has 0 atom stereocenters. The Bertz CT molecular complexity index is 950. The predicted octanol–water partition coefficient (Wildman–Crippen LogP) is 0.839. The Kier molecular flexibility index (Phi) is 4.67. The lowest BCUT2D eigenvalue weighted by Gasteiger charge is -2.14. The normalized spacial score (nSPS) is 12.5. The highest BCUT2D eigenvalue weighted by molar-refractivity contribution is 6.34. The van der Waals surface area contributed by atoms with Gasteiger partial charge in [-0.2, -0.15) is 0 Å². The highest BCUT2D eigenvalue weighted by Gasteiger charge is 2.36. The molecule has 1 aliphatic rings. The maximum atomic E-state index is 12.5. The number of esters is 1. The fourth-order valence-corrected chi connectivity index (χ4v) is 2.58. The maximum absolute atomic E-state index is 12.5. The van der Waals surface area contributed by atoms with Crippen LogP contribution in [0, 0.1) is 0 Å². The van der Waals surface area contributed by atoms with Crippen molar-refractivity contribution in [3.05, 3.63) is 65.2 Å². The Hall–Kier alpha value is -4.01. The van der Waals surface area contributed by atoms with Gasteiger partial charge in [0.1, 0.15) is 0 Å². The minimum atomic E-state index is -1.07. The SMILES string of the molecule is NC(=O)NC(=O)COC(=O)c1cccc(N2C(=O)c3ccccc3C2=O)c1. The number of urea groups is 1. The van der Waals surface area contributed by atoms with E-state index in [1.54, 1.807) is 29.6 Å². The van der Waals surface area contributed by atoms with E-state index in [1.807, 2.05) is 0 Å². The molecule has 0 bridgehead atoms. The quantitative estimate of drug-likeness (QED) is 0.607. The van der Waals surface area contributed by atoms with Gasteiger partial charge in [-0.1, -0.05) is 18.2 Å². The zero-order chi connectivity index (χ0) is 19.6. The summed E-state index contributed by atoms with van der Waals surface area (Å²) in [5.74, 6) is -2.75. The number of nitrogens with zero attached hydrogens (tertiary/aromatic N) is 1. The summed E-state index contributed by atoms with van der Waals surface area (Å²) in [6, 6.07) is 11.0. The molecular formula is C18H13N3O6. The molecule has 1 heterocycles. The molecule has 9 nitrogen and oxygen atoms in total. The third kappa shape index (κ3) is 3.52. The summed E-state index contributed by atoms with van der Waals surface area (Å²) in [7, 11) is 0. The Balaban J connectivity index is 1.78. The lowest BCUT2D eigenvalue weighted by Crippen LogP contribution is -2.37. The average Bonchev–Trinajstić information content (AvgIpc) is 2.90. The second-order valence-corrected chi connectivity index (χ2v) is 5.53. The molecule has 3 rings (SSSR count). The molecule has 0 aliphatic carbocycles. The zero-order valence-corrected chi connectivity index (χ0v) is 13.8. The summed E-state index contributed by atoms with van der Waals surface area (Å²) >= 11 is 0. The van der Waals surface area contributed by atoms with Gasteiger partial charge in [0.2, 0.25) is 0 Å². The number of nitrogens with one attached hydrogen (secondary N) is 1. The number of ether oxygens (including phenoxy) is 1. The Labute approximate surface area is 152 Å². The molecule has 136 valence electrons. The van der Waals surface area contributed by atoms with Gasteiger partial charge in [-0.25, -0.2) is 14.5 Å². The molecule has 0 unspecified atom stereocenters. The standard InChI is InChI=1S/C18H13N3O6/c19-18(26)20-14(22)9-27-17(25)10-4-3-5-11(8-10)21-15(23)12-6-1-2-7-13(12)16(21)24/h1-8H,9H2,(H3,19,20,22,26). The van der Waals surface area contributed by atoms with Crippen molar-refractivity contribution in [1.82, 2.24) is 5.32 Å². The number of primary amides is 1. The van der Waals surface area contributed by atoms with Gasteiger partial charge in [0.05, 0.1) is 22.4 Å². The van der Waals surface area contributed by atoms with Crippen LogP contribution in [0.5, 0.6) is 0 Å². The number of carbonyl (C=O) groups excluding carboxylic acids is 5. The lowest BCUT2D eigenvalue weighted by atomic mass is 10.1. The van der Waals surface area contributed by atoms with E-state index in [-0.39, 0.29) is 22.4 Å². The maximum Gasteiger partial charge on any atom is 0.338 e. The molecule has 2 aromatic carbocycles.